The van der Waals surface area contributed by atoms with E-state index in [0.717, 1.165) is 52.4 Å². The standard InChI is InChI=1S/C15H26N6O/c1-13-9-18(3-8-21-12-16-11-17-21)10-15(13)20-6-4-19(5-7-20)14(2)22/h11-13,15H,3-10H2,1-2H3/t13-,15-/m1/s1. The summed E-state index contributed by atoms with van der Waals surface area (Å²) in [5.74, 6) is 0.883. The first-order valence-electron chi connectivity index (χ1n) is 8.18. The predicted molar refractivity (Wildman–Crippen MR) is 83.2 cm³/mol. The molecule has 0 unspecified atom stereocenters. The number of nitrogens with zero attached hydrogens (tertiary/aromatic N) is 6. The Bertz CT molecular complexity index is 482. The maximum Gasteiger partial charge on any atom is 0.219 e. The van der Waals surface area contributed by atoms with Crippen LogP contribution in [0.4, 0.5) is 0 Å². The molecular formula is C15H26N6O. The first-order valence-corrected chi connectivity index (χ1v) is 8.18. The van der Waals surface area contributed by atoms with Gasteiger partial charge in [0.1, 0.15) is 12.7 Å². The van der Waals surface area contributed by atoms with Gasteiger partial charge in [-0.25, -0.2) is 4.98 Å². The number of amides is 1. The Morgan fingerprint density at radius 1 is 1.18 bits per heavy atom. The number of aromatic nitrogens is 3. The minimum absolute atomic E-state index is 0.202. The second-order valence-electron chi connectivity index (χ2n) is 6.50. The molecule has 0 aliphatic carbocycles. The lowest BCUT2D eigenvalue weighted by Gasteiger charge is -2.39. The van der Waals surface area contributed by atoms with Crippen molar-refractivity contribution in [2.45, 2.75) is 26.4 Å². The summed E-state index contributed by atoms with van der Waals surface area (Å²) in [5.41, 5.74) is 0. The molecule has 0 aromatic carbocycles. The van der Waals surface area contributed by atoms with Crippen LogP contribution in [0.1, 0.15) is 13.8 Å². The average Bonchev–Trinajstić information content (AvgIpc) is 3.14. The van der Waals surface area contributed by atoms with Crippen LogP contribution in [0, 0.1) is 5.92 Å². The normalized spacial score (nSPS) is 27.5. The lowest BCUT2D eigenvalue weighted by molar-refractivity contribution is -0.130. The van der Waals surface area contributed by atoms with Crippen LogP contribution >= 0.6 is 0 Å². The van der Waals surface area contributed by atoms with Crippen molar-refractivity contribution >= 4 is 5.91 Å². The highest BCUT2D eigenvalue weighted by atomic mass is 16.2. The van der Waals surface area contributed by atoms with Crippen LogP contribution in [0.3, 0.4) is 0 Å². The Kier molecular flexibility index (Phi) is 4.73. The van der Waals surface area contributed by atoms with Gasteiger partial charge < -0.3 is 4.90 Å². The summed E-state index contributed by atoms with van der Waals surface area (Å²) in [5, 5.41) is 4.16. The van der Waals surface area contributed by atoms with Gasteiger partial charge in [-0.1, -0.05) is 6.92 Å². The van der Waals surface area contributed by atoms with Crippen molar-refractivity contribution in [2.75, 3.05) is 45.8 Å². The monoisotopic (exact) mass is 306 g/mol. The highest BCUT2D eigenvalue weighted by Gasteiger charge is 2.35. The van der Waals surface area contributed by atoms with E-state index in [2.05, 4.69) is 26.8 Å². The van der Waals surface area contributed by atoms with E-state index in [4.69, 9.17) is 0 Å². The van der Waals surface area contributed by atoms with E-state index in [1.807, 2.05) is 9.58 Å². The highest BCUT2D eigenvalue weighted by molar-refractivity contribution is 5.73. The average molecular weight is 306 g/mol. The first kappa shape index (κ1) is 15.4. The molecule has 1 amide bonds. The molecule has 2 saturated heterocycles. The van der Waals surface area contributed by atoms with Crippen LogP contribution in [0.5, 0.6) is 0 Å². The van der Waals surface area contributed by atoms with Crippen LogP contribution in [-0.2, 0) is 11.3 Å². The lowest BCUT2D eigenvalue weighted by atomic mass is 10.0. The SMILES string of the molecule is CC(=O)N1CCN([C@@H]2CN(CCn3cncn3)C[C@H]2C)CC1. The van der Waals surface area contributed by atoms with Crippen molar-refractivity contribution in [3.05, 3.63) is 12.7 Å². The van der Waals surface area contributed by atoms with E-state index in [1.54, 1.807) is 19.6 Å². The van der Waals surface area contributed by atoms with Gasteiger partial charge in [0.05, 0.1) is 6.54 Å². The van der Waals surface area contributed by atoms with Crippen LogP contribution in [0.15, 0.2) is 12.7 Å². The van der Waals surface area contributed by atoms with E-state index >= 15 is 0 Å². The first-order chi connectivity index (χ1) is 10.6. The summed E-state index contributed by atoms with van der Waals surface area (Å²) in [6.45, 7) is 12.0. The summed E-state index contributed by atoms with van der Waals surface area (Å²) in [7, 11) is 0. The fourth-order valence-electron chi connectivity index (χ4n) is 3.67. The Morgan fingerprint density at radius 3 is 2.59 bits per heavy atom. The fourth-order valence-corrected chi connectivity index (χ4v) is 3.67. The van der Waals surface area contributed by atoms with Crippen LogP contribution < -0.4 is 0 Å². The minimum atomic E-state index is 0.202. The van der Waals surface area contributed by atoms with Crippen molar-refractivity contribution < 1.29 is 4.79 Å². The largest absolute Gasteiger partial charge is 0.340 e. The number of carbonyl (C=O) groups excluding carboxylic acids is 1. The van der Waals surface area contributed by atoms with Gasteiger partial charge in [0.25, 0.3) is 0 Å². The Balaban J connectivity index is 1.48. The van der Waals surface area contributed by atoms with E-state index < -0.39 is 0 Å². The van der Waals surface area contributed by atoms with Gasteiger partial charge in [-0.2, -0.15) is 5.10 Å². The molecule has 3 rings (SSSR count). The van der Waals surface area contributed by atoms with Crippen LogP contribution in [-0.4, -0.2) is 87.2 Å². The Labute approximate surface area is 131 Å². The molecule has 2 fully saturated rings. The summed E-state index contributed by atoms with van der Waals surface area (Å²) in [6, 6.07) is 0.616. The van der Waals surface area contributed by atoms with Crippen molar-refractivity contribution in [3.8, 4) is 0 Å². The maximum atomic E-state index is 11.4. The Hall–Kier alpha value is -1.47. The third-order valence-corrected chi connectivity index (χ3v) is 4.99. The molecule has 122 valence electrons. The molecule has 0 N–H and O–H groups in total. The molecule has 7 nitrogen and oxygen atoms in total. The van der Waals surface area contributed by atoms with Gasteiger partial charge in [0, 0.05) is 58.8 Å². The van der Waals surface area contributed by atoms with Gasteiger partial charge in [-0.15, -0.1) is 0 Å². The van der Waals surface area contributed by atoms with Gasteiger partial charge in [-0.3, -0.25) is 19.3 Å². The number of rotatable bonds is 4. The Morgan fingerprint density at radius 2 is 1.95 bits per heavy atom. The number of carbonyl (C=O) groups is 1. The van der Waals surface area contributed by atoms with Gasteiger partial charge >= 0.3 is 0 Å². The number of hydrogen-bond donors (Lipinski definition) is 0. The quantitative estimate of drug-likeness (QED) is 0.769. The number of likely N-dealkylation sites (tertiary alicyclic amines) is 1. The number of piperazine rings is 1. The zero-order valence-electron chi connectivity index (χ0n) is 13.6. The minimum Gasteiger partial charge on any atom is -0.340 e. The zero-order chi connectivity index (χ0) is 15.5. The summed E-state index contributed by atoms with van der Waals surface area (Å²) in [6.07, 6.45) is 3.36. The van der Waals surface area contributed by atoms with E-state index in [0.29, 0.717) is 12.0 Å². The fraction of sp³-hybridized carbons (Fsp3) is 0.800. The molecule has 1 aromatic heterocycles. The van der Waals surface area contributed by atoms with E-state index in [-0.39, 0.29) is 5.91 Å². The second kappa shape index (κ2) is 6.75. The van der Waals surface area contributed by atoms with E-state index in [9.17, 15) is 4.79 Å². The molecule has 0 radical (unpaired) electrons. The topological polar surface area (TPSA) is 57.5 Å². The van der Waals surface area contributed by atoms with Crippen molar-refractivity contribution in [1.29, 1.82) is 0 Å². The second-order valence-corrected chi connectivity index (χ2v) is 6.50. The third-order valence-electron chi connectivity index (χ3n) is 4.99. The highest BCUT2D eigenvalue weighted by Crippen LogP contribution is 2.22. The smallest absolute Gasteiger partial charge is 0.219 e. The molecule has 2 atom stereocenters. The zero-order valence-corrected chi connectivity index (χ0v) is 13.6. The van der Waals surface area contributed by atoms with Crippen LogP contribution in [0.25, 0.3) is 0 Å². The molecule has 0 saturated carbocycles. The summed E-state index contributed by atoms with van der Waals surface area (Å²) >= 11 is 0. The van der Waals surface area contributed by atoms with E-state index in [1.165, 1.54) is 0 Å². The molecule has 2 aliphatic rings. The molecule has 2 aliphatic heterocycles. The van der Waals surface area contributed by atoms with Gasteiger partial charge in [0.15, 0.2) is 0 Å². The molecule has 7 heteroatoms. The van der Waals surface area contributed by atoms with Crippen molar-refractivity contribution in [1.82, 2.24) is 29.5 Å². The van der Waals surface area contributed by atoms with Gasteiger partial charge in [-0.05, 0) is 5.92 Å². The summed E-state index contributed by atoms with van der Waals surface area (Å²) < 4.78 is 1.89. The maximum absolute atomic E-state index is 11.4. The molecule has 0 spiro atoms. The van der Waals surface area contributed by atoms with Crippen molar-refractivity contribution in [3.63, 3.8) is 0 Å². The molecule has 1 aromatic rings. The van der Waals surface area contributed by atoms with Crippen LogP contribution in [0.2, 0.25) is 0 Å². The molecule has 3 heterocycles. The molecular weight excluding hydrogens is 280 g/mol. The number of hydrogen-bond acceptors (Lipinski definition) is 5. The predicted octanol–water partition coefficient (Wildman–Crippen LogP) is -0.237. The van der Waals surface area contributed by atoms with Crippen molar-refractivity contribution in [2.24, 2.45) is 5.92 Å². The molecule has 0 bridgehead atoms. The third kappa shape index (κ3) is 3.47. The molecule has 22 heavy (non-hydrogen) atoms. The lowest BCUT2D eigenvalue weighted by Crippen LogP contribution is -2.53. The van der Waals surface area contributed by atoms with Gasteiger partial charge in [0.2, 0.25) is 5.91 Å². The summed E-state index contributed by atoms with van der Waals surface area (Å²) in [4.78, 5) is 22.5.